The number of hydrogen-bond donors (Lipinski definition) is 1. The standard InChI is InChI=1S/C12H21F3N2O/c1-8-4-9(2)6-17(5-8)10(3)11(18)16-7-12(13,14)15/h8-10H,4-7H2,1-3H3,(H,16,18). The smallest absolute Gasteiger partial charge is 0.346 e. The zero-order valence-electron chi connectivity index (χ0n) is 11.0. The molecular formula is C12H21F3N2O. The Kier molecular flexibility index (Phi) is 5.01. The Balaban J connectivity index is 2.47. The normalized spacial score (nSPS) is 27.9. The molecule has 6 heteroatoms. The van der Waals surface area contributed by atoms with Gasteiger partial charge < -0.3 is 5.32 Å². The molecule has 1 heterocycles. The number of carbonyl (C=O) groups is 1. The Bertz CT molecular complexity index is 284. The second kappa shape index (κ2) is 5.91. The number of nitrogens with one attached hydrogen (secondary N) is 1. The molecular weight excluding hydrogens is 245 g/mol. The van der Waals surface area contributed by atoms with E-state index in [0.29, 0.717) is 11.8 Å². The maximum absolute atomic E-state index is 12.0. The Labute approximate surface area is 106 Å². The maximum atomic E-state index is 12.0. The molecule has 0 aliphatic carbocycles. The van der Waals surface area contributed by atoms with Crippen LogP contribution in [0.4, 0.5) is 13.2 Å². The Hall–Kier alpha value is -0.780. The van der Waals surface area contributed by atoms with Gasteiger partial charge in [0.1, 0.15) is 6.54 Å². The monoisotopic (exact) mass is 266 g/mol. The average molecular weight is 266 g/mol. The van der Waals surface area contributed by atoms with Gasteiger partial charge in [0.05, 0.1) is 6.04 Å². The number of halogens is 3. The quantitative estimate of drug-likeness (QED) is 0.847. The van der Waals surface area contributed by atoms with Gasteiger partial charge in [0.15, 0.2) is 0 Å². The molecule has 3 nitrogen and oxygen atoms in total. The molecule has 1 aliphatic heterocycles. The first-order valence-corrected chi connectivity index (χ1v) is 6.27. The van der Waals surface area contributed by atoms with Crippen molar-refractivity contribution in [3.05, 3.63) is 0 Å². The summed E-state index contributed by atoms with van der Waals surface area (Å²) < 4.78 is 36.1. The van der Waals surface area contributed by atoms with Crippen LogP contribution in [0.25, 0.3) is 0 Å². The number of nitrogens with zero attached hydrogens (tertiary/aromatic N) is 1. The van der Waals surface area contributed by atoms with Gasteiger partial charge in [0.25, 0.3) is 0 Å². The van der Waals surface area contributed by atoms with E-state index in [1.54, 1.807) is 6.92 Å². The molecule has 1 N–H and O–H groups in total. The second-order valence-electron chi connectivity index (χ2n) is 5.41. The van der Waals surface area contributed by atoms with Crippen LogP contribution >= 0.6 is 0 Å². The van der Waals surface area contributed by atoms with Gasteiger partial charge in [-0.2, -0.15) is 13.2 Å². The minimum atomic E-state index is -4.35. The summed E-state index contributed by atoms with van der Waals surface area (Å²) in [6.07, 6.45) is -3.24. The van der Waals surface area contributed by atoms with Crippen molar-refractivity contribution in [2.45, 2.75) is 39.4 Å². The van der Waals surface area contributed by atoms with E-state index in [-0.39, 0.29) is 0 Å². The number of amides is 1. The number of rotatable bonds is 3. The van der Waals surface area contributed by atoms with E-state index in [0.717, 1.165) is 19.5 Å². The number of piperidine rings is 1. The molecule has 0 bridgehead atoms. The van der Waals surface area contributed by atoms with Gasteiger partial charge in [-0.25, -0.2) is 0 Å². The summed E-state index contributed by atoms with van der Waals surface area (Å²) in [6, 6.07) is -0.502. The van der Waals surface area contributed by atoms with Crippen LogP contribution in [0.3, 0.4) is 0 Å². The zero-order valence-corrected chi connectivity index (χ0v) is 11.0. The van der Waals surface area contributed by atoms with E-state index in [1.807, 2.05) is 10.2 Å². The summed E-state index contributed by atoms with van der Waals surface area (Å²) in [4.78, 5) is 13.6. The third-order valence-corrected chi connectivity index (χ3v) is 3.29. The highest BCUT2D eigenvalue weighted by Gasteiger charge is 2.32. The highest BCUT2D eigenvalue weighted by Crippen LogP contribution is 2.22. The fourth-order valence-electron chi connectivity index (χ4n) is 2.53. The summed E-state index contributed by atoms with van der Waals surface area (Å²) in [5.74, 6) is 0.409. The minimum Gasteiger partial charge on any atom is -0.346 e. The first-order chi connectivity index (χ1) is 8.19. The van der Waals surface area contributed by atoms with Crippen molar-refractivity contribution >= 4 is 5.91 Å². The average Bonchev–Trinajstić information content (AvgIpc) is 2.22. The van der Waals surface area contributed by atoms with E-state index in [1.165, 1.54) is 0 Å². The van der Waals surface area contributed by atoms with Gasteiger partial charge in [-0.1, -0.05) is 13.8 Å². The Morgan fingerprint density at radius 1 is 1.33 bits per heavy atom. The van der Waals surface area contributed by atoms with Gasteiger partial charge in [-0.15, -0.1) is 0 Å². The van der Waals surface area contributed by atoms with Gasteiger partial charge in [0, 0.05) is 13.1 Å². The summed E-state index contributed by atoms with van der Waals surface area (Å²) in [6.45, 7) is 6.15. The van der Waals surface area contributed by atoms with Crippen molar-refractivity contribution in [3.8, 4) is 0 Å². The maximum Gasteiger partial charge on any atom is 0.405 e. The first-order valence-electron chi connectivity index (χ1n) is 6.27. The summed E-state index contributed by atoms with van der Waals surface area (Å²) in [5, 5.41) is 1.94. The SMILES string of the molecule is CC1CC(C)CN(C(C)C(=O)NCC(F)(F)F)C1. The number of alkyl halides is 3. The topological polar surface area (TPSA) is 32.3 Å². The molecule has 0 saturated carbocycles. The Morgan fingerprint density at radius 3 is 2.28 bits per heavy atom. The summed E-state index contributed by atoms with van der Waals surface area (Å²) in [7, 11) is 0. The van der Waals surface area contributed by atoms with E-state index < -0.39 is 24.7 Å². The van der Waals surface area contributed by atoms with E-state index in [4.69, 9.17) is 0 Å². The van der Waals surface area contributed by atoms with Crippen LogP contribution in [-0.2, 0) is 4.79 Å². The molecule has 0 aromatic heterocycles. The van der Waals surface area contributed by atoms with E-state index in [2.05, 4.69) is 13.8 Å². The van der Waals surface area contributed by atoms with Crippen LogP contribution in [0.5, 0.6) is 0 Å². The molecule has 3 atom stereocenters. The fraction of sp³-hybridized carbons (Fsp3) is 0.917. The molecule has 1 amide bonds. The van der Waals surface area contributed by atoms with Crippen molar-refractivity contribution in [1.82, 2.24) is 10.2 Å². The lowest BCUT2D eigenvalue weighted by Gasteiger charge is -2.38. The molecule has 106 valence electrons. The third kappa shape index (κ3) is 4.84. The summed E-state index contributed by atoms with van der Waals surface area (Å²) in [5.41, 5.74) is 0. The van der Waals surface area contributed by atoms with Crippen LogP contribution in [0.1, 0.15) is 27.2 Å². The molecule has 3 unspecified atom stereocenters. The third-order valence-electron chi connectivity index (χ3n) is 3.29. The van der Waals surface area contributed by atoms with Gasteiger partial charge in [-0.05, 0) is 25.2 Å². The van der Waals surface area contributed by atoms with Crippen molar-refractivity contribution in [2.24, 2.45) is 11.8 Å². The van der Waals surface area contributed by atoms with Crippen molar-refractivity contribution in [2.75, 3.05) is 19.6 Å². The molecule has 0 aromatic rings. The van der Waals surface area contributed by atoms with Crippen molar-refractivity contribution < 1.29 is 18.0 Å². The largest absolute Gasteiger partial charge is 0.405 e. The highest BCUT2D eigenvalue weighted by atomic mass is 19.4. The number of carbonyl (C=O) groups excluding carboxylic acids is 1. The van der Waals surface area contributed by atoms with Crippen LogP contribution in [0.15, 0.2) is 0 Å². The second-order valence-corrected chi connectivity index (χ2v) is 5.41. The van der Waals surface area contributed by atoms with Crippen LogP contribution in [-0.4, -0.2) is 42.7 Å². The number of hydrogen-bond acceptors (Lipinski definition) is 2. The molecule has 0 aromatic carbocycles. The van der Waals surface area contributed by atoms with Gasteiger partial charge in [0.2, 0.25) is 5.91 Å². The lowest BCUT2D eigenvalue weighted by atomic mass is 9.91. The predicted molar refractivity (Wildman–Crippen MR) is 63.0 cm³/mol. The molecule has 0 radical (unpaired) electrons. The Morgan fingerprint density at radius 2 is 1.83 bits per heavy atom. The molecule has 18 heavy (non-hydrogen) atoms. The molecule has 1 rings (SSSR count). The zero-order chi connectivity index (χ0) is 13.9. The molecule has 1 saturated heterocycles. The van der Waals surface area contributed by atoms with Crippen LogP contribution in [0, 0.1) is 11.8 Å². The predicted octanol–water partition coefficient (Wildman–Crippen LogP) is 2.03. The lowest BCUT2D eigenvalue weighted by Crippen LogP contribution is -2.51. The fourth-order valence-corrected chi connectivity index (χ4v) is 2.53. The summed E-state index contributed by atoms with van der Waals surface area (Å²) >= 11 is 0. The highest BCUT2D eigenvalue weighted by molar-refractivity contribution is 5.81. The minimum absolute atomic E-state index is 0.478. The van der Waals surface area contributed by atoms with Crippen LogP contribution in [0.2, 0.25) is 0 Å². The molecule has 0 spiro atoms. The van der Waals surface area contributed by atoms with Crippen molar-refractivity contribution in [3.63, 3.8) is 0 Å². The molecule has 1 aliphatic rings. The van der Waals surface area contributed by atoms with Gasteiger partial charge >= 0.3 is 6.18 Å². The van der Waals surface area contributed by atoms with Crippen LogP contribution < -0.4 is 5.32 Å². The number of likely N-dealkylation sites (tertiary alicyclic amines) is 1. The van der Waals surface area contributed by atoms with Gasteiger partial charge in [-0.3, -0.25) is 9.69 Å². The van der Waals surface area contributed by atoms with E-state index in [9.17, 15) is 18.0 Å². The van der Waals surface area contributed by atoms with Crippen molar-refractivity contribution in [1.29, 1.82) is 0 Å². The first kappa shape index (κ1) is 15.3. The lowest BCUT2D eigenvalue weighted by molar-refractivity contribution is -0.141. The van der Waals surface area contributed by atoms with E-state index >= 15 is 0 Å². The molecule has 1 fully saturated rings.